The molecule has 0 aromatic heterocycles. The van der Waals surface area contributed by atoms with Gasteiger partial charge in [0.15, 0.2) is 0 Å². The molecule has 0 bridgehead atoms. The van der Waals surface area contributed by atoms with Gasteiger partial charge in [-0.2, -0.15) is 0 Å². The second-order valence-electron chi connectivity index (χ2n) is 5.56. The zero-order chi connectivity index (χ0) is 13.4. The Labute approximate surface area is 113 Å². The predicted molar refractivity (Wildman–Crippen MR) is 74.2 cm³/mol. The monoisotopic (exact) mass is 294 g/mol. The molecule has 0 aliphatic rings. The Balaban J connectivity index is 3.08. The molecule has 5 heteroatoms. The van der Waals surface area contributed by atoms with E-state index in [2.05, 4.69) is 33.9 Å². The van der Waals surface area contributed by atoms with Gasteiger partial charge in [-0.3, -0.25) is 0 Å². The minimum Gasteiger partial charge on any atom is -0.542 e. The van der Waals surface area contributed by atoms with E-state index in [9.17, 15) is 4.39 Å². The van der Waals surface area contributed by atoms with Crippen LogP contribution in [0.5, 0.6) is 5.75 Å². The van der Waals surface area contributed by atoms with Crippen LogP contribution < -0.4 is 4.43 Å². The average Bonchev–Trinajstić information content (AvgIpc) is 2.12. The van der Waals surface area contributed by atoms with Crippen LogP contribution in [0, 0.1) is 5.82 Å². The molecule has 1 aromatic carbocycles. The second kappa shape index (κ2) is 4.79. The van der Waals surface area contributed by atoms with Crippen molar-refractivity contribution in [1.82, 2.24) is 0 Å². The molecular formula is C12H17Cl2FOSi. The van der Waals surface area contributed by atoms with Crippen molar-refractivity contribution in [2.75, 3.05) is 0 Å². The molecule has 0 saturated carbocycles. The summed E-state index contributed by atoms with van der Waals surface area (Å²) in [5.74, 6) is -0.134. The molecule has 0 radical (unpaired) electrons. The van der Waals surface area contributed by atoms with Crippen molar-refractivity contribution < 1.29 is 8.82 Å². The van der Waals surface area contributed by atoms with Crippen molar-refractivity contribution in [3.63, 3.8) is 0 Å². The molecule has 0 amide bonds. The molecule has 96 valence electrons. The Morgan fingerprint density at radius 1 is 1.12 bits per heavy atom. The Kier molecular flexibility index (Phi) is 4.17. The lowest BCUT2D eigenvalue weighted by atomic mass is 10.2. The van der Waals surface area contributed by atoms with Crippen molar-refractivity contribution in [2.24, 2.45) is 0 Å². The molecule has 0 aliphatic carbocycles. The summed E-state index contributed by atoms with van der Waals surface area (Å²) in [6.45, 7) is 10.5. The summed E-state index contributed by atoms with van der Waals surface area (Å²) in [7, 11) is -2.01. The summed E-state index contributed by atoms with van der Waals surface area (Å²) in [4.78, 5) is 0. The van der Waals surface area contributed by atoms with Gasteiger partial charge in [0.25, 0.3) is 8.32 Å². The molecule has 0 saturated heterocycles. The number of hydrogen-bond acceptors (Lipinski definition) is 1. The van der Waals surface area contributed by atoms with Crippen LogP contribution in [-0.2, 0) is 0 Å². The van der Waals surface area contributed by atoms with E-state index in [4.69, 9.17) is 27.6 Å². The van der Waals surface area contributed by atoms with Gasteiger partial charge in [0.1, 0.15) is 11.6 Å². The van der Waals surface area contributed by atoms with Gasteiger partial charge in [0.05, 0.1) is 10.0 Å². The first-order valence-electron chi connectivity index (χ1n) is 5.38. The first kappa shape index (κ1) is 14.8. The molecular weight excluding hydrogens is 278 g/mol. The smallest absolute Gasteiger partial charge is 0.250 e. The largest absolute Gasteiger partial charge is 0.542 e. The maximum atomic E-state index is 13.4. The third-order valence-corrected chi connectivity index (χ3v) is 8.07. The maximum Gasteiger partial charge on any atom is 0.250 e. The molecule has 0 atom stereocenters. The molecule has 1 aromatic rings. The highest BCUT2D eigenvalue weighted by molar-refractivity contribution is 6.74. The summed E-state index contributed by atoms with van der Waals surface area (Å²) in [5.41, 5.74) is 0. The normalized spacial score (nSPS) is 12.7. The van der Waals surface area contributed by atoms with E-state index < -0.39 is 14.1 Å². The van der Waals surface area contributed by atoms with Gasteiger partial charge >= 0.3 is 0 Å². The molecule has 0 spiro atoms. The van der Waals surface area contributed by atoms with Crippen LogP contribution in [-0.4, -0.2) is 8.32 Å². The van der Waals surface area contributed by atoms with Gasteiger partial charge in [0.2, 0.25) is 0 Å². The first-order chi connectivity index (χ1) is 7.54. The maximum absolute atomic E-state index is 13.4. The molecule has 0 heterocycles. The molecule has 17 heavy (non-hydrogen) atoms. The molecule has 0 unspecified atom stereocenters. The van der Waals surface area contributed by atoms with Crippen molar-refractivity contribution in [3.05, 3.63) is 28.0 Å². The molecule has 1 nitrogen and oxygen atoms in total. The van der Waals surface area contributed by atoms with E-state index in [0.29, 0.717) is 10.8 Å². The van der Waals surface area contributed by atoms with Gasteiger partial charge in [-0.25, -0.2) is 4.39 Å². The van der Waals surface area contributed by atoms with Gasteiger partial charge in [-0.1, -0.05) is 44.0 Å². The van der Waals surface area contributed by atoms with Crippen LogP contribution in [0.1, 0.15) is 20.8 Å². The first-order valence-corrected chi connectivity index (χ1v) is 9.04. The van der Waals surface area contributed by atoms with Crippen LogP contribution in [0.25, 0.3) is 0 Å². The molecule has 0 fully saturated rings. The fourth-order valence-electron chi connectivity index (χ4n) is 1.01. The van der Waals surface area contributed by atoms with Gasteiger partial charge in [-0.05, 0) is 24.2 Å². The van der Waals surface area contributed by atoms with E-state index in [1.807, 2.05) is 0 Å². The minimum atomic E-state index is -2.01. The number of rotatable bonds is 2. The summed E-state index contributed by atoms with van der Waals surface area (Å²) < 4.78 is 19.3. The third-order valence-electron chi connectivity index (χ3n) is 3.15. The molecule has 1 rings (SSSR count). The lowest BCUT2D eigenvalue weighted by Gasteiger charge is -2.36. The van der Waals surface area contributed by atoms with E-state index in [0.717, 1.165) is 0 Å². The summed E-state index contributed by atoms with van der Waals surface area (Å²) in [6, 6.07) is 2.63. The van der Waals surface area contributed by atoms with Crippen LogP contribution >= 0.6 is 23.2 Å². The Morgan fingerprint density at radius 3 is 2.12 bits per heavy atom. The van der Waals surface area contributed by atoms with E-state index in [1.165, 1.54) is 12.1 Å². The van der Waals surface area contributed by atoms with Crippen LogP contribution in [0.3, 0.4) is 0 Å². The highest BCUT2D eigenvalue weighted by Gasteiger charge is 2.39. The summed E-state index contributed by atoms with van der Waals surface area (Å²) in [5, 5.41) is 0.394. The summed E-state index contributed by atoms with van der Waals surface area (Å²) in [6.07, 6.45) is 0. The predicted octanol–water partition coefficient (Wildman–Crippen LogP) is 5.52. The van der Waals surface area contributed by atoms with Gasteiger partial charge < -0.3 is 4.43 Å². The van der Waals surface area contributed by atoms with Crippen LogP contribution in [0.2, 0.25) is 28.2 Å². The van der Waals surface area contributed by atoms with Crippen molar-refractivity contribution in [2.45, 2.75) is 38.9 Å². The molecule has 0 aliphatic heterocycles. The Hall–Kier alpha value is -0.253. The summed E-state index contributed by atoms with van der Waals surface area (Å²) >= 11 is 11.6. The van der Waals surface area contributed by atoms with Gasteiger partial charge in [0, 0.05) is 6.07 Å². The number of hydrogen-bond donors (Lipinski definition) is 0. The second-order valence-corrected chi connectivity index (χ2v) is 11.1. The topological polar surface area (TPSA) is 9.23 Å². The Morgan fingerprint density at radius 2 is 1.65 bits per heavy atom. The highest BCUT2D eigenvalue weighted by atomic mass is 35.5. The fraction of sp³-hybridized carbons (Fsp3) is 0.500. The zero-order valence-electron chi connectivity index (χ0n) is 10.7. The van der Waals surface area contributed by atoms with E-state index >= 15 is 0 Å². The zero-order valence-corrected chi connectivity index (χ0v) is 13.2. The minimum absolute atomic E-state index is 0.0116. The molecule has 0 N–H and O–H groups in total. The third kappa shape index (κ3) is 3.36. The average molecular weight is 295 g/mol. The quantitative estimate of drug-likeness (QED) is 0.516. The van der Waals surface area contributed by atoms with E-state index in [-0.39, 0.29) is 10.1 Å². The van der Waals surface area contributed by atoms with Crippen molar-refractivity contribution in [1.29, 1.82) is 0 Å². The van der Waals surface area contributed by atoms with Crippen LogP contribution in [0.15, 0.2) is 12.1 Å². The lowest BCUT2D eigenvalue weighted by Crippen LogP contribution is -2.43. The Bertz CT molecular complexity index is 427. The lowest BCUT2D eigenvalue weighted by molar-refractivity contribution is 0.487. The van der Waals surface area contributed by atoms with Crippen molar-refractivity contribution in [3.8, 4) is 5.75 Å². The number of halogens is 3. The van der Waals surface area contributed by atoms with Gasteiger partial charge in [-0.15, -0.1) is 0 Å². The SMILES string of the molecule is CC(C)(C)[Si](C)(C)Oc1cc(F)c(Cl)cc1Cl. The number of benzene rings is 1. The fourth-order valence-corrected chi connectivity index (χ4v) is 2.52. The van der Waals surface area contributed by atoms with Crippen molar-refractivity contribution >= 4 is 31.5 Å². The van der Waals surface area contributed by atoms with Crippen LogP contribution in [0.4, 0.5) is 4.39 Å². The highest BCUT2D eigenvalue weighted by Crippen LogP contribution is 2.40. The standard InChI is InChI=1S/C12H17Cl2FOSi/c1-12(2,3)17(4,5)16-11-7-10(15)8(13)6-9(11)14/h6-7H,1-5H3. The van der Waals surface area contributed by atoms with E-state index in [1.54, 1.807) is 0 Å².